The number of pyridine rings is 2. The van der Waals surface area contributed by atoms with Gasteiger partial charge in [-0.2, -0.15) is 0 Å². The highest BCUT2D eigenvalue weighted by Crippen LogP contribution is 2.46. The van der Waals surface area contributed by atoms with Gasteiger partial charge < -0.3 is 10.6 Å². The number of amides is 2. The molecule has 10 nitrogen and oxygen atoms in total. The average Bonchev–Trinajstić information content (AvgIpc) is 3.66. The van der Waals surface area contributed by atoms with Gasteiger partial charge in [-0.25, -0.2) is 24.3 Å². The van der Waals surface area contributed by atoms with Gasteiger partial charge in [0.15, 0.2) is 5.13 Å². The molecule has 1 unspecified atom stereocenters. The van der Waals surface area contributed by atoms with Crippen LogP contribution in [0.2, 0.25) is 0 Å². The zero-order chi connectivity index (χ0) is 25.1. The number of carbonyl (C=O) groups is 2. The maximum absolute atomic E-state index is 13.3. The number of fused-ring (bicyclic) bond motifs is 4. The number of para-hydroxylation sites is 2. The number of aromatic nitrogens is 5. The molecule has 182 valence electrons. The van der Waals surface area contributed by atoms with E-state index in [-0.39, 0.29) is 24.0 Å². The number of benzene rings is 1. The lowest BCUT2D eigenvalue weighted by Crippen LogP contribution is -2.35. The highest BCUT2D eigenvalue weighted by atomic mass is 32.1. The first-order valence-electron chi connectivity index (χ1n) is 11.7. The summed E-state index contributed by atoms with van der Waals surface area (Å²) in [5, 5.41) is 8.05. The van der Waals surface area contributed by atoms with E-state index in [0.717, 1.165) is 16.8 Å². The Morgan fingerprint density at radius 1 is 1.03 bits per heavy atom. The van der Waals surface area contributed by atoms with Gasteiger partial charge in [-0.05, 0) is 36.2 Å². The molecule has 1 aliphatic carbocycles. The third-order valence-corrected chi connectivity index (χ3v) is 7.79. The van der Waals surface area contributed by atoms with E-state index >= 15 is 0 Å². The quantitative estimate of drug-likeness (QED) is 0.384. The summed E-state index contributed by atoms with van der Waals surface area (Å²) < 4.78 is 2.95. The molecular weight excluding hydrogens is 490 g/mol. The molecule has 2 N–H and O–H groups in total. The van der Waals surface area contributed by atoms with Gasteiger partial charge in [0.2, 0.25) is 11.8 Å². The van der Waals surface area contributed by atoms with Gasteiger partial charge in [0, 0.05) is 35.5 Å². The minimum atomic E-state index is -0.730. The first-order valence-corrected chi connectivity index (χ1v) is 12.6. The van der Waals surface area contributed by atoms with Gasteiger partial charge in [-0.3, -0.25) is 14.2 Å². The maximum Gasteiger partial charge on any atom is 0.336 e. The zero-order valence-electron chi connectivity index (χ0n) is 19.3. The lowest BCUT2D eigenvalue weighted by Gasteiger charge is -2.19. The molecule has 11 heteroatoms. The van der Waals surface area contributed by atoms with Crippen LogP contribution in [-0.2, 0) is 34.4 Å². The Morgan fingerprint density at radius 2 is 1.89 bits per heavy atom. The fourth-order valence-corrected chi connectivity index (χ4v) is 6.02. The van der Waals surface area contributed by atoms with Crippen LogP contribution >= 0.6 is 11.3 Å². The molecule has 1 atom stereocenters. The molecule has 5 heterocycles. The van der Waals surface area contributed by atoms with Crippen molar-refractivity contribution >= 4 is 45.8 Å². The van der Waals surface area contributed by atoms with Crippen LogP contribution in [0.5, 0.6) is 0 Å². The van der Waals surface area contributed by atoms with Crippen molar-refractivity contribution in [1.82, 2.24) is 24.1 Å². The second kappa shape index (κ2) is 7.93. The minimum Gasteiger partial charge on any atom is -0.310 e. The van der Waals surface area contributed by atoms with Gasteiger partial charge in [-0.1, -0.05) is 24.3 Å². The molecule has 37 heavy (non-hydrogen) atoms. The third-order valence-electron chi connectivity index (χ3n) is 7.04. The number of thiazole rings is 1. The monoisotopic (exact) mass is 509 g/mol. The Hall–Kier alpha value is -4.64. The molecule has 2 aliphatic rings. The molecule has 1 aromatic carbocycles. The second-order valence-corrected chi connectivity index (χ2v) is 10.0. The average molecular weight is 510 g/mol. The van der Waals surface area contributed by atoms with E-state index in [1.165, 1.54) is 20.5 Å². The number of nitrogens with zero attached hydrogens (tertiary/aromatic N) is 5. The van der Waals surface area contributed by atoms with Crippen molar-refractivity contribution < 1.29 is 9.59 Å². The SMILES string of the molecule is O=C(Cn1c(=O)n(-c2nccs2)c2ccccc21)Nc1ccc2c(n1)CC1(C2)C(=O)Nc2ncccc21. The molecule has 4 aromatic heterocycles. The lowest BCUT2D eigenvalue weighted by molar-refractivity contribution is -0.120. The smallest absolute Gasteiger partial charge is 0.310 e. The normalized spacial score (nSPS) is 17.7. The summed E-state index contributed by atoms with van der Waals surface area (Å²) in [6.07, 6.45) is 4.25. The molecule has 0 saturated heterocycles. The largest absolute Gasteiger partial charge is 0.336 e. The standard InChI is InChI=1S/C26H19N7O3S/c34-21(14-32-18-5-1-2-6-19(18)33(25(32)36)24-28-10-11-37-24)30-20-8-7-15-12-26(13-17(15)29-20)16-4-3-9-27-22(16)31-23(26)35/h1-11H,12-14H2,(H,27,31,35)(H,29,30,34). The van der Waals surface area contributed by atoms with Crippen LogP contribution in [0.4, 0.5) is 11.6 Å². The van der Waals surface area contributed by atoms with Crippen molar-refractivity contribution in [1.29, 1.82) is 0 Å². The fourth-order valence-electron chi connectivity index (χ4n) is 5.38. The summed E-state index contributed by atoms with van der Waals surface area (Å²) in [6.45, 7) is -0.179. The summed E-state index contributed by atoms with van der Waals surface area (Å²) in [5.41, 5.74) is 2.86. The van der Waals surface area contributed by atoms with Crippen molar-refractivity contribution in [2.45, 2.75) is 24.8 Å². The molecular formula is C26H19N7O3S. The van der Waals surface area contributed by atoms with Crippen molar-refractivity contribution in [3.8, 4) is 5.13 Å². The Labute approximate surface area is 213 Å². The lowest BCUT2D eigenvalue weighted by atomic mass is 9.80. The molecule has 1 spiro atoms. The molecule has 7 rings (SSSR count). The van der Waals surface area contributed by atoms with Crippen molar-refractivity contribution in [2.24, 2.45) is 0 Å². The van der Waals surface area contributed by atoms with E-state index in [9.17, 15) is 14.4 Å². The highest BCUT2D eigenvalue weighted by molar-refractivity contribution is 7.12. The van der Waals surface area contributed by atoms with Gasteiger partial charge in [0.1, 0.15) is 18.2 Å². The van der Waals surface area contributed by atoms with Crippen LogP contribution < -0.4 is 16.3 Å². The van der Waals surface area contributed by atoms with E-state index in [1.807, 2.05) is 36.4 Å². The van der Waals surface area contributed by atoms with Gasteiger partial charge >= 0.3 is 5.69 Å². The van der Waals surface area contributed by atoms with Crippen LogP contribution in [0, 0.1) is 0 Å². The van der Waals surface area contributed by atoms with Crippen LogP contribution in [0.3, 0.4) is 0 Å². The number of carbonyl (C=O) groups excluding carboxylic acids is 2. The fraction of sp³-hybridized carbons (Fsp3) is 0.154. The molecule has 0 fully saturated rings. The van der Waals surface area contributed by atoms with Crippen LogP contribution in [0.25, 0.3) is 16.2 Å². The summed E-state index contributed by atoms with van der Waals surface area (Å²) in [7, 11) is 0. The Balaban J connectivity index is 1.16. The maximum atomic E-state index is 13.3. The number of anilines is 2. The summed E-state index contributed by atoms with van der Waals surface area (Å²) >= 11 is 1.35. The van der Waals surface area contributed by atoms with Crippen LogP contribution in [-0.4, -0.2) is 35.9 Å². The summed E-state index contributed by atoms with van der Waals surface area (Å²) in [5.74, 6) is 0.511. The predicted molar refractivity (Wildman–Crippen MR) is 138 cm³/mol. The predicted octanol–water partition coefficient (Wildman–Crippen LogP) is 2.67. The molecule has 1 aliphatic heterocycles. The van der Waals surface area contributed by atoms with E-state index in [0.29, 0.717) is 40.6 Å². The second-order valence-electron chi connectivity index (χ2n) is 9.15. The summed E-state index contributed by atoms with van der Waals surface area (Å²) in [6, 6.07) is 14.7. The van der Waals surface area contributed by atoms with Crippen molar-refractivity contribution in [3.63, 3.8) is 0 Å². The van der Waals surface area contributed by atoms with E-state index in [1.54, 1.807) is 29.9 Å². The first-order chi connectivity index (χ1) is 18.0. The Bertz CT molecular complexity index is 1790. The van der Waals surface area contributed by atoms with Crippen molar-refractivity contribution in [2.75, 3.05) is 10.6 Å². The molecule has 0 saturated carbocycles. The van der Waals surface area contributed by atoms with E-state index in [2.05, 4.69) is 25.6 Å². The highest BCUT2D eigenvalue weighted by Gasteiger charge is 2.51. The van der Waals surface area contributed by atoms with Crippen LogP contribution in [0.1, 0.15) is 16.8 Å². The number of nitrogens with one attached hydrogen (secondary N) is 2. The number of hydrogen-bond acceptors (Lipinski definition) is 7. The van der Waals surface area contributed by atoms with Gasteiger partial charge in [-0.15, -0.1) is 11.3 Å². The molecule has 0 bridgehead atoms. The molecule has 5 aromatic rings. The Kier molecular flexibility index (Phi) is 4.64. The molecule has 2 amide bonds. The van der Waals surface area contributed by atoms with Crippen LogP contribution in [0.15, 0.2) is 71.1 Å². The van der Waals surface area contributed by atoms with Crippen molar-refractivity contribution in [3.05, 3.63) is 93.6 Å². The molecule has 0 radical (unpaired) electrons. The first kappa shape index (κ1) is 21.6. The zero-order valence-corrected chi connectivity index (χ0v) is 20.2. The van der Waals surface area contributed by atoms with E-state index in [4.69, 9.17) is 0 Å². The summed E-state index contributed by atoms with van der Waals surface area (Å²) in [4.78, 5) is 52.4. The number of rotatable bonds is 4. The minimum absolute atomic E-state index is 0.0826. The third kappa shape index (κ3) is 3.24. The number of imidazole rings is 1. The van der Waals surface area contributed by atoms with Gasteiger partial charge in [0.25, 0.3) is 0 Å². The van der Waals surface area contributed by atoms with Gasteiger partial charge in [0.05, 0.1) is 16.4 Å². The Morgan fingerprint density at radius 3 is 2.73 bits per heavy atom. The number of hydrogen-bond donors (Lipinski definition) is 2. The topological polar surface area (TPSA) is 124 Å². The van der Waals surface area contributed by atoms with E-state index < -0.39 is 5.41 Å².